The van der Waals surface area contributed by atoms with E-state index in [9.17, 15) is 14.4 Å². The highest BCUT2D eigenvalue weighted by molar-refractivity contribution is 6.11. The summed E-state index contributed by atoms with van der Waals surface area (Å²) in [5, 5.41) is 5.15. The average Bonchev–Trinajstić information content (AvgIpc) is 2.79. The molecule has 0 aliphatic carbocycles. The molecule has 9 heteroatoms. The minimum absolute atomic E-state index is 0.179. The molecule has 0 spiro atoms. The van der Waals surface area contributed by atoms with Gasteiger partial charge in [0.2, 0.25) is 5.91 Å². The Kier molecular flexibility index (Phi) is 5.58. The molecule has 3 rings (SSSR count). The zero-order valence-electron chi connectivity index (χ0n) is 16.3. The van der Waals surface area contributed by atoms with Gasteiger partial charge in [-0.3, -0.25) is 14.4 Å². The van der Waals surface area contributed by atoms with E-state index < -0.39 is 23.8 Å². The Hall–Kier alpha value is -3.75. The van der Waals surface area contributed by atoms with Crippen LogP contribution in [0.15, 0.2) is 36.4 Å². The number of nitrogens with two attached hydrogens (primary N) is 1. The van der Waals surface area contributed by atoms with Crippen LogP contribution in [0.3, 0.4) is 0 Å². The Labute approximate surface area is 167 Å². The van der Waals surface area contributed by atoms with Crippen molar-refractivity contribution in [1.82, 2.24) is 5.32 Å². The van der Waals surface area contributed by atoms with Gasteiger partial charge >= 0.3 is 5.97 Å². The lowest BCUT2D eigenvalue weighted by atomic mass is 10.1. The van der Waals surface area contributed by atoms with Gasteiger partial charge in [-0.15, -0.1) is 0 Å². The molecule has 152 valence electrons. The van der Waals surface area contributed by atoms with E-state index in [0.717, 1.165) is 5.69 Å². The average molecular weight is 398 g/mol. The van der Waals surface area contributed by atoms with Crippen molar-refractivity contribution in [3.8, 4) is 11.5 Å². The van der Waals surface area contributed by atoms with Crippen LogP contribution >= 0.6 is 0 Å². The monoisotopic (exact) mass is 398 g/mol. The SMILES string of the molecule is COC(=O)C[C@@H]1NC(=O)c2cc(Oc3cccc(N(C)C)c3)c(N)cc2NC1=O. The molecule has 29 heavy (non-hydrogen) atoms. The van der Waals surface area contributed by atoms with Gasteiger partial charge in [0, 0.05) is 25.8 Å². The lowest BCUT2D eigenvalue weighted by Crippen LogP contribution is -2.42. The van der Waals surface area contributed by atoms with Crippen LogP contribution in [0, 0.1) is 0 Å². The summed E-state index contributed by atoms with van der Waals surface area (Å²) in [5.74, 6) is -0.853. The Balaban J connectivity index is 1.90. The van der Waals surface area contributed by atoms with Gasteiger partial charge < -0.3 is 30.7 Å². The van der Waals surface area contributed by atoms with Gasteiger partial charge in [0.1, 0.15) is 11.8 Å². The molecule has 1 heterocycles. The van der Waals surface area contributed by atoms with Crippen molar-refractivity contribution in [3.05, 3.63) is 42.0 Å². The molecule has 0 bridgehead atoms. The number of carbonyl (C=O) groups is 3. The van der Waals surface area contributed by atoms with E-state index in [2.05, 4.69) is 15.4 Å². The molecule has 2 aromatic rings. The zero-order valence-corrected chi connectivity index (χ0v) is 16.3. The third-order valence-corrected chi connectivity index (χ3v) is 4.43. The second-order valence-corrected chi connectivity index (χ2v) is 6.73. The molecule has 1 aliphatic heterocycles. The maximum Gasteiger partial charge on any atom is 0.308 e. The van der Waals surface area contributed by atoms with E-state index >= 15 is 0 Å². The summed E-state index contributed by atoms with van der Waals surface area (Å²) in [7, 11) is 5.03. The first-order valence-electron chi connectivity index (χ1n) is 8.85. The number of benzene rings is 2. The summed E-state index contributed by atoms with van der Waals surface area (Å²) in [6.07, 6.45) is -0.280. The number of hydrogen-bond acceptors (Lipinski definition) is 7. The van der Waals surface area contributed by atoms with Gasteiger partial charge in [0.15, 0.2) is 5.75 Å². The number of ether oxygens (including phenoxy) is 2. The van der Waals surface area contributed by atoms with Crippen LogP contribution in [-0.2, 0) is 14.3 Å². The summed E-state index contributed by atoms with van der Waals surface area (Å²) in [5.41, 5.74) is 7.68. The minimum atomic E-state index is -1.05. The molecule has 1 atom stereocenters. The largest absolute Gasteiger partial charge is 0.469 e. The van der Waals surface area contributed by atoms with E-state index in [-0.39, 0.29) is 29.1 Å². The van der Waals surface area contributed by atoms with Crippen LogP contribution < -0.4 is 26.0 Å². The van der Waals surface area contributed by atoms with Gasteiger partial charge in [-0.2, -0.15) is 0 Å². The minimum Gasteiger partial charge on any atom is -0.469 e. The van der Waals surface area contributed by atoms with Crippen molar-refractivity contribution in [2.24, 2.45) is 0 Å². The fraction of sp³-hybridized carbons (Fsp3) is 0.250. The standard InChI is InChI=1S/C20H22N4O5/c1-24(2)11-5-4-6-12(7-11)29-17-8-13-15(9-14(17)21)22-20(27)16(23-19(13)26)10-18(25)28-3/h4-9,16H,10,21H2,1-3H3,(H,22,27)(H,23,26)/t16-/m0/s1. The van der Waals surface area contributed by atoms with Crippen LogP contribution in [0.4, 0.5) is 17.1 Å². The molecule has 0 saturated carbocycles. The molecule has 9 nitrogen and oxygen atoms in total. The molecule has 1 aliphatic rings. The molecule has 0 radical (unpaired) electrons. The fourth-order valence-electron chi connectivity index (χ4n) is 2.84. The van der Waals surface area contributed by atoms with Crippen LogP contribution in [0.1, 0.15) is 16.8 Å². The summed E-state index contributed by atoms with van der Waals surface area (Å²) >= 11 is 0. The van der Waals surface area contributed by atoms with Crippen molar-refractivity contribution in [3.63, 3.8) is 0 Å². The number of nitrogens with one attached hydrogen (secondary N) is 2. The molecule has 4 N–H and O–H groups in total. The Morgan fingerprint density at radius 3 is 2.66 bits per heavy atom. The molecule has 2 aromatic carbocycles. The number of esters is 1. The fourth-order valence-corrected chi connectivity index (χ4v) is 2.84. The van der Waals surface area contributed by atoms with Gasteiger partial charge in [-0.05, 0) is 24.3 Å². The number of nitrogen functional groups attached to an aromatic ring is 1. The summed E-state index contributed by atoms with van der Waals surface area (Å²) < 4.78 is 10.4. The number of nitrogens with zero attached hydrogens (tertiary/aromatic N) is 1. The van der Waals surface area contributed by atoms with Crippen LogP contribution in [0.2, 0.25) is 0 Å². The number of methoxy groups -OCH3 is 1. The Morgan fingerprint density at radius 2 is 1.97 bits per heavy atom. The maximum atomic E-state index is 12.6. The zero-order chi connectivity index (χ0) is 21.1. The maximum absolute atomic E-state index is 12.6. The van der Waals surface area contributed by atoms with E-state index in [1.807, 2.05) is 37.2 Å². The van der Waals surface area contributed by atoms with Crippen LogP contribution in [-0.4, -0.2) is 45.0 Å². The Morgan fingerprint density at radius 1 is 1.21 bits per heavy atom. The summed E-state index contributed by atoms with van der Waals surface area (Å²) in [6.45, 7) is 0. The van der Waals surface area contributed by atoms with Crippen molar-refractivity contribution >= 4 is 34.8 Å². The van der Waals surface area contributed by atoms with E-state index in [1.54, 1.807) is 6.07 Å². The molecule has 2 amide bonds. The predicted molar refractivity (Wildman–Crippen MR) is 108 cm³/mol. The van der Waals surface area contributed by atoms with E-state index in [4.69, 9.17) is 10.5 Å². The second kappa shape index (κ2) is 8.09. The molecule has 0 fully saturated rings. The molecule has 0 aromatic heterocycles. The molecule has 0 unspecified atom stereocenters. The smallest absolute Gasteiger partial charge is 0.308 e. The van der Waals surface area contributed by atoms with E-state index in [0.29, 0.717) is 5.75 Å². The lowest BCUT2D eigenvalue weighted by Gasteiger charge is -2.15. The topological polar surface area (TPSA) is 123 Å². The molecular formula is C20H22N4O5. The van der Waals surface area contributed by atoms with Gasteiger partial charge in [0.05, 0.1) is 30.5 Å². The lowest BCUT2D eigenvalue weighted by molar-refractivity contribution is -0.142. The highest BCUT2D eigenvalue weighted by Gasteiger charge is 2.30. The number of fused-ring (bicyclic) bond motifs is 1. The van der Waals surface area contributed by atoms with Crippen molar-refractivity contribution < 1.29 is 23.9 Å². The van der Waals surface area contributed by atoms with Crippen LogP contribution in [0.25, 0.3) is 0 Å². The summed E-state index contributed by atoms with van der Waals surface area (Å²) in [4.78, 5) is 38.4. The number of hydrogen-bond donors (Lipinski definition) is 3. The highest BCUT2D eigenvalue weighted by atomic mass is 16.5. The van der Waals surface area contributed by atoms with Crippen molar-refractivity contribution in [1.29, 1.82) is 0 Å². The first-order valence-corrected chi connectivity index (χ1v) is 8.85. The number of amides is 2. The normalized spacial score (nSPS) is 15.5. The molecule has 0 saturated heterocycles. The molecular weight excluding hydrogens is 376 g/mol. The van der Waals surface area contributed by atoms with Crippen molar-refractivity contribution in [2.75, 3.05) is 37.2 Å². The first-order chi connectivity index (χ1) is 13.8. The first kappa shape index (κ1) is 20.0. The van der Waals surface area contributed by atoms with Crippen LogP contribution in [0.5, 0.6) is 11.5 Å². The van der Waals surface area contributed by atoms with E-state index in [1.165, 1.54) is 19.2 Å². The predicted octanol–water partition coefficient (Wildman–Crippen LogP) is 1.74. The third-order valence-electron chi connectivity index (χ3n) is 4.43. The van der Waals surface area contributed by atoms with Gasteiger partial charge in [-0.25, -0.2) is 0 Å². The third kappa shape index (κ3) is 4.40. The highest BCUT2D eigenvalue weighted by Crippen LogP contribution is 2.34. The van der Waals surface area contributed by atoms with Gasteiger partial charge in [-0.1, -0.05) is 6.07 Å². The quantitative estimate of drug-likeness (QED) is 0.518. The van der Waals surface area contributed by atoms with Gasteiger partial charge in [0.25, 0.3) is 5.91 Å². The second-order valence-electron chi connectivity index (χ2n) is 6.73. The summed E-state index contributed by atoms with van der Waals surface area (Å²) in [6, 6.07) is 9.24. The number of carbonyl (C=O) groups excluding carboxylic acids is 3. The Bertz CT molecular complexity index is 973. The van der Waals surface area contributed by atoms with Crippen molar-refractivity contribution in [2.45, 2.75) is 12.5 Å². The number of anilines is 3. The number of rotatable bonds is 5.